The van der Waals surface area contributed by atoms with Gasteiger partial charge in [-0.15, -0.1) is 0 Å². The lowest BCUT2D eigenvalue weighted by atomic mass is 10.1. The Morgan fingerprint density at radius 2 is 2.00 bits per heavy atom. The standard InChI is InChI=1S/C16H18ClN3O3/c1-22-13-4-3-10(7-14(13)23-2)5-6-19-16-12(17)8-11(9-20-16)15(18)21/h3-4,7-9H,5-6H2,1-2H3,(H2,18,21)(H,19,20). The summed E-state index contributed by atoms with van der Waals surface area (Å²) in [5.74, 6) is 1.33. The van der Waals surface area contributed by atoms with E-state index in [0.717, 1.165) is 12.0 Å². The normalized spacial score (nSPS) is 10.2. The molecular formula is C16H18ClN3O3. The van der Waals surface area contributed by atoms with Gasteiger partial charge in [0.15, 0.2) is 11.5 Å². The van der Waals surface area contributed by atoms with E-state index < -0.39 is 5.91 Å². The summed E-state index contributed by atoms with van der Waals surface area (Å²) in [6.07, 6.45) is 2.14. The van der Waals surface area contributed by atoms with Crippen molar-refractivity contribution in [1.82, 2.24) is 4.98 Å². The van der Waals surface area contributed by atoms with Gasteiger partial charge < -0.3 is 20.5 Å². The first-order valence-electron chi connectivity index (χ1n) is 6.95. The van der Waals surface area contributed by atoms with Crippen molar-refractivity contribution in [3.63, 3.8) is 0 Å². The largest absolute Gasteiger partial charge is 0.493 e. The average molecular weight is 336 g/mol. The quantitative estimate of drug-likeness (QED) is 0.812. The number of hydrogen-bond acceptors (Lipinski definition) is 5. The van der Waals surface area contributed by atoms with Gasteiger partial charge in [0.1, 0.15) is 5.82 Å². The SMILES string of the molecule is COc1ccc(CCNc2ncc(C(N)=O)cc2Cl)cc1OC. The second-order valence-electron chi connectivity index (χ2n) is 4.78. The Bertz CT molecular complexity index is 707. The van der Waals surface area contributed by atoms with Crippen molar-refractivity contribution in [1.29, 1.82) is 0 Å². The molecule has 2 aromatic rings. The lowest BCUT2D eigenvalue weighted by Gasteiger charge is -2.11. The van der Waals surface area contributed by atoms with E-state index in [1.807, 2.05) is 18.2 Å². The van der Waals surface area contributed by atoms with Crippen molar-refractivity contribution >= 4 is 23.3 Å². The second-order valence-corrected chi connectivity index (χ2v) is 5.19. The molecular weight excluding hydrogens is 318 g/mol. The van der Waals surface area contributed by atoms with Crippen molar-refractivity contribution in [2.75, 3.05) is 26.1 Å². The van der Waals surface area contributed by atoms with E-state index in [0.29, 0.717) is 28.9 Å². The first-order chi connectivity index (χ1) is 11.0. The van der Waals surface area contributed by atoms with Gasteiger partial charge in [-0.25, -0.2) is 4.98 Å². The van der Waals surface area contributed by atoms with E-state index >= 15 is 0 Å². The van der Waals surface area contributed by atoms with Crippen LogP contribution in [0.25, 0.3) is 0 Å². The Labute approximate surface area is 139 Å². The van der Waals surface area contributed by atoms with Gasteiger partial charge in [-0.2, -0.15) is 0 Å². The summed E-state index contributed by atoms with van der Waals surface area (Å²) in [6.45, 7) is 0.623. The number of nitrogens with one attached hydrogen (secondary N) is 1. The van der Waals surface area contributed by atoms with Gasteiger partial charge in [-0.05, 0) is 30.2 Å². The minimum absolute atomic E-state index is 0.278. The smallest absolute Gasteiger partial charge is 0.250 e. The summed E-state index contributed by atoms with van der Waals surface area (Å²) in [7, 11) is 3.20. The summed E-state index contributed by atoms with van der Waals surface area (Å²) in [5.41, 5.74) is 6.54. The highest BCUT2D eigenvalue weighted by Crippen LogP contribution is 2.27. The Kier molecular flexibility index (Phi) is 5.65. The first-order valence-corrected chi connectivity index (χ1v) is 7.33. The van der Waals surface area contributed by atoms with E-state index in [9.17, 15) is 4.79 Å². The van der Waals surface area contributed by atoms with E-state index in [4.69, 9.17) is 26.8 Å². The number of amides is 1. The summed E-state index contributed by atoms with van der Waals surface area (Å²) in [5, 5.41) is 3.48. The van der Waals surface area contributed by atoms with E-state index in [-0.39, 0.29) is 5.56 Å². The molecule has 0 spiro atoms. The molecule has 0 bridgehead atoms. The number of pyridine rings is 1. The maximum absolute atomic E-state index is 11.1. The zero-order valence-corrected chi connectivity index (χ0v) is 13.7. The Morgan fingerprint density at radius 3 is 2.61 bits per heavy atom. The molecule has 1 aromatic heterocycles. The molecule has 0 saturated heterocycles. The zero-order valence-electron chi connectivity index (χ0n) is 12.9. The number of nitrogens with two attached hydrogens (primary N) is 1. The van der Waals surface area contributed by atoms with E-state index in [1.54, 1.807) is 14.2 Å². The number of halogens is 1. The molecule has 0 atom stereocenters. The fourth-order valence-corrected chi connectivity index (χ4v) is 2.30. The van der Waals surface area contributed by atoms with Gasteiger partial charge in [0, 0.05) is 12.7 Å². The van der Waals surface area contributed by atoms with Crippen LogP contribution in [0.1, 0.15) is 15.9 Å². The van der Waals surface area contributed by atoms with Gasteiger partial charge in [0.25, 0.3) is 0 Å². The van der Waals surface area contributed by atoms with Gasteiger partial charge in [-0.3, -0.25) is 4.79 Å². The van der Waals surface area contributed by atoms with Crippen LogP contribution in [0.15, 0.2) is 30.5 Å². The third-order valence-electron chi connectivity index (χ3n) is 3.28. The molecule has 1 heterocycles. The van der Waals surface area contributed by atoms with Crippen LogP contribution < -0.4 is 20.5 Å². The predicted molar refractivity (Wildman–Crippen MR) is 89.5 cm³/mol. The number of rotatable bonds is 7. The molecule has 122 valence electrons. The molecule has 1 aromatic carbocycles. The molecule has 2 rings (SSSR count). The van der Waals surface area contributed by atoms with Crippen molar-refractivity contribution in [2.24, 2.45) is 5.73 Å². The number of hydrogen-bond donors (Lipinski definition) is 2. The van der Waals surface area contributed by atoms with Crippen molar-refractivity contribution in [2.45, 2.75) is 6.42 Å². The minimum Gasteiger partial charge on any atom is -0.493 e. The lowest BCUT2D eigenvalue weighted by Crippen LogP contribution is -2.12. The minimum atomic E-state index is -0.559. The Morgan fingerprint density at radius 1 is 1.26 bits per heavy atom. The Hall–Kier alpha value is -2.47. The molecule has 23 heavy (non-hydrogen) atoms. The van der Waals surface area contributed by atoms with Crippen LogP contribution in [-0.2, 0) is 6.42 Å². The number of aromatic nitrogens is 1. The molecule has 0 unspecified atom stereocenters. The third kappa shape index (κ3) is 4.26. The second kappa shape index (κ2) is 7.69. The Balaban J connectivity index is 1.98. The number of primary amides is 1. The summed E-state index contributed by atoms with van der Waals surface area (Å²) in [4.78, 5) is 15.2. The molecule has 0 aliphatic heterocycles. The predicted octanol–water partition coefficient (Wildman–Crippen LogP) is 2.51. The fraction of sp³-hybridized carbons (Fsp3) is 0.250. The van der Waals surface area contributed by atoms with E-state index in [1.165, 1.54) is 12.3 Å². The number of nitrogens with zero attached hydrogens (tertiary/aromatic N) is 1. The summed E-state index contributed by atoms with van der Waals surface area (Å²) in [6, 6.07) is 7.25. The van der Waals surface area contributed by atoms with Crippen LogP contribution in [0.4, 0.5) is 5.82 Å². The highest BCUT2D eigenvalue weighted by molar-refractivity contribution is 6.33. The molecule has 0 saturated carbocycles. The number of benzene rings is 1. The van der Waals surface area contributed by atoms with Crippen molar-refractivity contribution in [3.8, 4) is 11.5 Å². The number of methoxy groups -OCH3 is 2. The highest BCUT2D eigenvalue weighted by Gasteiger charge is 2.08. The van der Waals surface area contributed by atoms with Gasteiger partial charge in [-0.1, -0.05) is 17.7 Å². The summed E-state index contributed by atoms with van der Waals surface area (Å²) < 4.78 is 10.5. The topological polar surface area (TPSA) is 86.5 Å². The highest BCUT2D eigenvalue weighted by atomic mass is 35.5. The maximum atomic E-state index is 11.1. The molecule has 3 N–H and O–H groups in total. The van der Waals surface area contributed by atoms with Crippen LogP contribution >= 0.6 is 11.6 Å². The monoisotopic (exact) mass is 335 g/mol. The number of carbonyl (C=O) groups excluding carboxylic acids is 1. The molecule has 0 aliphatic rings. The molecule has 0 radical (unpaired) electrons. The van der Waals surface area contributed by atoms with Crippen molar-refractivity contribution < 1.29 is 14.3 Å². The fourth-order valence-electron chi connectivity index (χ4n) is 2.06. The van der Waals surface area contributed by atoms with Crippen LogP contribution in [0.5, 0.6) is 11.5 Å². The van der Waals surface area contributed by atoms with Gasteiger partial charge >= 0.3 is 0 Å². The van der Waals surface area contributed by atoms with Gasteiger partial charge in [0.2, 0.25) is 5.91 Å². The number of anilines is 1. The van der Waals surface area contributed by atoms with E-state index in [2.05, 4.69) is 10.3 Å². The molecule has 6 nitrogen and oxygen atoms in total. The first kappa shape index (κ1) is 16.9. The van der Waals surface area contributed by atoms with Crippen LogP contribution in [0.3, 0.4) is 0 Å². The van der Waals surface area contributed by atoms with Crippen LogP contribution in [0.2, 0.25) is 5.02 Å². The number of ether oxygens (including phenoxy) is 2. The third-order valence-corrected chi connectivity index (χ3v) is 3.57. The maximum Gasteiger partial charge on any atom is 0.250 e. The average Bonchev–Trinajstić information content (AvgIpc) is 2.55. The van der Waals surface area contributed by atoms with Crippen LogP contribution in [0, 0.1) is 0 Å². The number of carbonyl (C=O) groups is 1. The lowest BCUT2D eigenvalue weighted by molar-refractivity contribution is 0.1000. The molecule has 0 aliphatic carbocycles. The van der Waals surface area contributed by atoms with Crippen LogP contribution in [-0.4, -0.2) is 31.7 Å². The molecule has 0 fully saturated rings. The molecule has 1 amide bonds. The van der Waals surface area contributed by atoms with Gasteiger partial charge in [0.05, 0.1) is 24.8 Å². The summed E-state index contributed by atoms with van der Waals surface area (Å²) >= 11 is 6.07. The van der Waals surface area contributed by atoms with Crippen molar-refractivity contribution in [3.05, 3.63) is 46.6 Å². The zero-order chi connectivity index (χ0) is 16.8. The molecule has 7 heteroatoms.